The van der Waals surface area contributed by atoms with Gasteiger partial charge in [0.1, 0.15) is 5.82 Å². The number of nitrogens with one attached hydrogen (secondary N) is 1. The third kappa shape index (κ3) is 5.00. The molecule has 0 aliphatic carbocycles. The van der Waals surface area contributed by atoms with Crippen molar-refractivity contribution in [1.82, 2.24) is 4.98 Å². The number of non-ortho nitro benzene ring substituents is 1. The van der Waals surface area contributed by atoms with Crippen LogP contribution in [0.2, 0.25) is 0 Å². The van der Waals surface area contributed by atoms with Gasteiger partial charge in [0, 0.05) is 30.8 Å². The van der Waals surface area contributed by atoms with Crippen LogP contribution in [0.25, 0.3) is 0 Å². The van der Waals surface area contributed by atoms with Gasteiger partial charge in [-0.2, -0.15) is 0 Å². The topological polar surface area (TPSA) is 88.4 Å². The summed E-state index contributed by atoms with van der Waals surface area (Å²) in [6, 6.07) is 9.17. The van der Waals surface area contributed by atoms with Crippen LogP contribution in [0.3, 0.4) is 0 Å². The summed E-state index contributed by atoms with van der Waals surface area (Å²) in [6.07, 6.45) is 3.71. The number of nitro groups is 1. The van der Waals surface area contributed by atoms with Crippen LogP contribution < -0.4 is 10.2 Å². The number of nitrogens with zero attached hydrogens (tertiary/aromatic N) is 3. The first-order valence-electron chi connectivity index (χ1n) is 8.32. The first-order valence-corrected chi connectivity index (χ1v) is 8.32. The molecule has 7 nitrogen and oxygen atoms in total. The van der Waals surface area contributed by atoms with E-state index >= 15 is 0 Å². The number of hydrogen-bond acceptors (Lipinski definition) is 5. The normalized spacial score (nSPS) is 10.3. The smallest absolute Gasteiger partial charge is 0.269 e. The number of anilines is 2. The number of carbonyl (C=O) groups excluding carboxylic acids is 1. The summed E-state index contributed by atoms with van der Waals surface area (Å²) in [5.41, 5.74) is 0.892. The molecular weight excluding hydrogens is 320 g/mol. The molecule has 2 rings (SSSR count). The van der Waals surface area contributed by atoms with Crippen molar-refractivity contribution in [3.8, 4) is 0 Å². The summed E-state index contributed by atoms with van der Waals surface area (Å²) in [7, 11) is 0. The Morgan fingerprint density at radius 2 is 1.76 bits per heavy atom. The Morgan fingerprint density at radius 3 is 2.24 bits per heavy atom. The van der Waals surface area contributed by atoms with E-state index in [1.54, 1.807) is 6.20 Å². The maximum Gasteiger partial charge on any atom is 0.269 e. The number of nitro benzene ring substituents is 1. The van der Waals surface area contributed by atoms with Gasteiger partial charge >= 0.3 is 0 Å². The van der Waals surface area contributed by atoms with Crippen LogP contribution >= 0.6 is 0 Å². The van der Waals surface area contributed by atoms with Crippen LogP contribution in [0.1, 0.15) is 37.0 Å². The average molecular weight is 342 g/mol. The second-order valence-corrected chi connectivity index (χ2v) is 5.65. The number of benzene rings is 1. The molecule has 1 aromatic carbocycles. The van der Waals surface area contributed by atoms with E-state index < -0.39 is 4.92 Å². The second kappa shape index (κ2) is 8.77. The van der Waals surface area contributed by atoms with Crippen molar-refractivity contribution < 1.29 is 9.72 Å². The van der Waals surface area contributed by atoms with Crippen LogP contribution in [-0.2, 0) is 0 Å². The van der Waals surface area contributed by atoms with E-state index in [0.717, 1.165) is 31.7 Å². The Hall–Kier alpha value is -2.96. The van der Waals surface area contributed by atoms with Gasteiger partial charge in [0.05, 0.1) is 16.8 Å². The van der Waals surface area contributed by atoms with Crippen molar-refractivity contribution in [1.29, 1.82) is 0 Å². The number of rotatable bonds is 8. The van der Waals surface area contributed by atoms with Gasteiger partial charge in [0.25, 0.3) is 11.6 Å². The highest BCUT2D eigenvalue weighted by molar-refractivity contribution is 6.04. The van der Waals surface area contributed by atoms with Gasteiger partial charge in [-0.15, -0.1) is 0 Å². The van der Waals surface area contributed by atoms with Gasteiger partial charge < -0.3 is 10.2 Å². The predicted octanol–water partition coefficient (Wildman–Crippen LogP) is 3.87. The summed E-state index contributed by atoms with van der Waals surface area (Å²) in [6.45, 7) is 6.13. The van der Waals surface area contributed by atoms with Crippen LogP contribution in [0.4, 0.5) is 17.2 Å². The van der Waals surface area contributed by atoms with E-state index in [2.05, 4.69) is 29.0 Å². The maximum atomic E-state index is 12.2. The molecule has 0 spiro atoms. The number of aromatic nitrogens is 1. The molecule has 0 saturated heterocycles. The minimum absolute atomic E-state index is 0.0468. The van der Waals surface area contributed by atoms with Gasteiger partial charge in [-0.1, -0.05) is 13.8 Å². The molecule has 0 fully saturated rings. The summed E-state index contributed by atoms with van der Waals surface area (Å²) >= 11 is 0. The Bertz CT molecular complexity index is 708. The lowest BCUT2D eigenvalue weighted by Crippen LogP contribution is -2.25. The molecule has 0 radical (unpaired) electrons. The van der Waals surface area contributed by atoms with Crippen molar-refractivity contribution in [2.75, 3.05) is 23.3 Å². The Balaban J connectivity index is 2.04. The lowest BCUT2D eigenvalue weighted by molar-refractivity contribution is -0.384. The van der Waals surface area contributed by atoms with Crippen molar-refractivity contribution in [2.24, 2.45) is 0 Å². The molecule has 1 N–H and O–H groups in total. The molecular formula is C18H22N4O3. The minimum Gasteiger partial charge on any atom is -0.357 e. The molecule has 0 aliphatic heterocycles. The fourth-order valence-corrected chi connectivity index (χ4v) is 2.47. The van der Waals surface area contributed by atoms with Crippen molar-refractivity contribution in [2.45, 2.75) is 26.7 Å². The molecule has 0 bridgehead atoms. The van der Waals surface area contributed by atoms with Gasteiger partial charge in [-0.05, 0) is 37.1 Å². The summed E-state index contributed by atoms with van der Waals surface area (Å²) in [4.78, 5) is 29.0. The number of amides is 1. The summed E-state index contributed by atoms with van der Waals surface area (Å²) in [5.74, 6) is 0.556. The highest BCUT2D eigenvalue weighted by Gasteiger charge is 2.11. The lowest BCUT2D eigenvalue weighted by Gasteiger charge is -2.22. The highest BCUT2D eigenvalue weighted by atomic mass is 16.6. The summed E-state index contributed by atoms with van der Waals surface area (Å²) < 4.78 is 0. The molecule has 1 aromatic heterocycles. The monoisotopic (exact) mass is 342 g/mol. The Labute approximate surface area is 146 Å². The van der Waals surface area contributed by atoms with Gasteiger partial charge in [0.15, 0.2) is 0 Å². The molecule has 25 heavy (non-hydrogen) atoms. The van der Waals surface area contributed by atoms with E-state index in [0.29, 0.717) is 11.3 Å². The second-order valence-electron chi connectivity index (χ2n) is 5.65. The van der Waals surface area contributed by atoms with E-state index in [-0.39, 0.29) is 11.6 Å². The Kier molecular flexibility index (Phi) is 6.45. The number of hydrogen-bond donors (Lipinski definition) is 1. The fraction of sp³-hybridized carbons (Fsp3) is 0.333. The molecule has 7 heteroatoms. The van der Waals surface area contributed by atoms with Crippen molar-refractivity contribution in [3.63, 3.8) is 0 Å². The van der Waals surface area contributed by atoms with E-state index in [9.17, 15) is 14.9 Å². The van der Waals surface area contributed by atoms with Crippen LogP contribution in [0.15, 0.2) is 42.6 Å². The molecule has 0 aliphatic rings. The van der Waals surface area contributed by atoms with E-state index in [4.69, 9.17) is 0 Å². The van der Waals surface area contributed by atoms with Gasteiger partial charge in [-0.3, -0.25) is 14.9 Å². The first kappa shape index (κ1) is 18.4. The molecule has 1 amide bonds. The maximum absolute atomic E-state index is 12.2. The van der Waals surface area contributed by atoms with Crippen LogP contribution in [0, 0.1) is 10.1 Å². The minimum atomic E-state index is -0.497. The van der Waals surface area contributed by atoms with Crippen molar-refractivity contribution in [3.05, 3.63) is 58.3 Å². The molecule has 132 valence electrons. The molecule has 2 aromatic rings. The summed E-state index contributed by atoms with van der Waals surface area (Å²) in [5, 5.41) is 13.4. The zero-order valence-electron chi connectivity index (χ0n) is 14.4. The molecule has 0 saturated carbocycles. The van der Waals surface area contributed by atoms with Crippen LogP contribution in [-0.4, -0.2) is 28.9 Å². The number of carbonyl (C=O) groups is 1. The predicted molar refractivity (Wildman–Crippen MR) is 98.1 cm³/mol. The number of pyridine rings is 1. The van der Waals surface area contributed by atoms with Crippen molar-refractivity contribution >= 4 is 23.1 Å². The quantitative estimate of drug-likeness (QED) is 0.581. The van der Waals surface area contributed by atoms with E-state index in [1.807, 2.05) is 12.1 Å². The fourth-order valence-electron chi connectivity index (χ4n) is 2.47. The largest absolute Gasteiger partial charge is 0.357 e. The zero-order valence-corrected chi connectivity index (χ0v) is 14.4. The third-order valence-corrected chi connectivity index (χ3v) is 3.66. The zero-order chi connectivity index (χ0) is 18.2. The average Bonchev–Trinajstić information content (AvgIpc) is 2.62. The standard InChI is InChI=1S/C18H22N4O3/c1-3-11-21(12-4-2)17-10-7-15(13-19-17)20-18(23)14-5-8-16(9-6-14)22(24)25/h5-10,13H,3-4,11-12H2,1-2H3,(H,20,23). The SMILES string of the molecule is CCCN(CCC)c1ccc(NC(=O)c2ccc([N+](=O)[O-])cc2)cn1. The van der Waals surface area contributed by atoms with Gasteiger partial charge in [0.2, 0.25) is 0 Å². The van der Waals surface area contributed by atoms with Gasteiger partial charge in [-0.25, -0.2) is 4.98 Å². The van der Waals surface area contributed by atoms with E-state index in [1.165, 1.54) is 24.3 Å². The Morgan fingerprint density at radius 1 is 1.12 bits per heavy atom. The van der Waals surface area contributed by atoms with Crippen LogP contribution in [0.5, 0.6) is 0 Å². The first-order chi connectivity index (χ1) is 12.0. The molecule has 1 heterocycles. The molecule has 0 unspecified atom stereocenters. The highest BCUT2D eigenvalue weighted by Crippen LogP contribution is 2.17. The lowest BCUT2D eigenvalue weighted by atomic mass is 10.2. The third-order valence-electron chi connectivity index (χ3n) is 3.66. The molecule has 0 atom stereocenters.